The van der Waals surface area contributed by atoms with Crippen molar-refractivity contribution in [2.75, 3.05) is 6.61 Å². The molecule has 90 valence electrons. The Hall–Kier alpha value is -0.0800. The first-order valence-electron chi connectivity index (χ1n) is 6.50. The minimum Gasteiger partial charge on any atom is -0.395 e. The van der Waals surface area contributed by atoms with Crippen molar-refractivity contribution in [2.24, 2.45) is 11.8 Å². The zero-order valence-electron chi connectivity index (χ0n) is 10.5. The summed E-state index contributed by atoms with van der Waals surface area (Å²) in [6.45, 7) is 7.05. The molecule has 15 heavy (non-hydrogen) atoms. The van der Waals surface area contributed by atoms with Gasteiger partial charge in [-0.3, -0.25) is 0 Å². The van der Waals surface area contributed by atoms with Crippen molar-refractivity contribution in [1.82, 2.24) is 5.32 Å². The van der Waals surface area contributed by atoms with Gasteiger partial charge >= 0.3 is 0 Å². The quantitative estimate of drug-likeness (QED) is 0.735. The predicted molar refractivity (Wildman–Crippen MR) is 64.9 cm³/mol. The molecule has 0 spiro atoms. The van der Waals surface area contributed by atoms with Crippen LogP contribution in [0.15, 0.2) is 0 Å². The summed E-state index contributed by atoms with van der Waals surface area (Å²) in [6.07, 6.45) is 6.45. The number of hydrogen-bond acceptors (Lipinski definition) is 2. The number of rotatable bonds is 5. The third-order valence-corrected chi connectivity index (χ3v) is 3.54. The van der Waals surface area contributed by atoms with Crippen LogP contribution < -0.4 is 5.32 Å². The molecule has 2 nitrogen and oxygen atoms in total. The lowest BCUT2D eigenvalue weighted by molar-refractivity contribution is 0.181. The minimum absolute atomic E-state index is 0.279. The fourth-order valence-electron chi connectivity index (χ4n) is 2.63. The smallest absolute Gasteiger partial charge is 0.0584 e. The van der Waals surface area contributed by atoms with Crippen LogP contribution in [-0.2, 0) is 0 Å². The Morgan fingerprint density at radius 1 is 1.27 bits per heavy atom. The largest absolute Gasteiger partial charge is 0.395 e. The Labute approximate surface area is 94.5 Å². The van der Waals surface area contributed by atoms with E-state index in [4.69, 9.17) is 0 Å². The first-order valence-corrected chi connectivity index (χ1v) is 6.50. The van der Waals surface area contributed by atoms with Crippen LogP contribution in [0.3, 0.4) is 0 Å². The molecule has 2 heteroatoms. The molecular weight excluding hydrogens is 186 g/mol. The van der Waals surface area contributed by atoms with Crippen molar-refractivity contribution >= 4 is 0 Å². The summed E-state index contributed by atoms with van der Waals surface area (Å²) in [4.78, 5) is 0. The highest BCUT2D eigenvalue weighted by Gasteiger charge is 2.23. The SMILES string of the molecule is CC(C)C[C@@H](CO)N[C@@H]1CCCC[C@@H]1C. The second-order valence-corrected chi connectivity index (χ2v) is 5.54. The van der Waals surface area contributed by atoms with Gasteiger partial charge in [0.2, 0.25) is 0 Å². The summed E-state index contributed by atoms with van der Waals surface area (Å²) in [7, 11) is 0. The molecule has 0 radical (unpaired) electrons. The normalized spacial score (nSPS) is 29.4. The standard InChI is InChI=1S/C13H27NO/c1-10(2)8-12(9-15)14-13-7-5-4-6-11(13)3/h10-15H,4-9H2,1-3H3/t11-,12-,13+/m0/s1. The molecule has 1 rings (SSSR count). The molecule has 0 aromatic rings. The van der Waals surface area contributed by atoms with Crippen LogP contribution in [-0.4, -0.2) is 23.8 Å². The van der Waals surface area contributed by atoms with Crippen molar-refractivity contribution in [3.8, 4) is 0 Å². The zero-order chi connectivity index (χ0) is 11.3. The summed E-state index contributed by atoms with van der Waals surface area (Å²) < 4.78 is 0. The van der Waals surface area contributed by atoms with Gasteiger partial charge in [0.25, 0.3) is 0 Å². The van der Waals surface area contributed by atoms with Gasteiger partial charge in [0.05, 0.1) is 6.61 Å². The molecule has 0 aromatic carbocycles. The van der Waals surface area contributed by atoms with Gasteiger partial charge in [-0.05, 0) is 31.1 Å². The first-order chi connectivity index (χ1) is 7.13. The number of aliphatic hydroxyl groups excluding tert-OH is 1. The maximum atomic E-state index is 9.33. The van der Waals surface area contributed by atoms with Gasteiger partial charge in [-0.15, -0.1) is 0 Å². The van der Waals surface area contributed by atoms with E-state index in [0.717, 1.165) is 12.3 Å². The highest BCUT2D eigenvalue weighted by Crippen LogP contribution is 2.24. The highest BCUT2D eigenvalue weighted by molar-refractivity contribution is 4.81. The average molecular weight is 213 g/mol. The van der Waals surface area contributed by atoms with Crippen LogP contribution in [0.2, 0.25) is 0 Å². The van der Waals surface area contributed by atoms with Crippen molar-refractivity contribution in [2.45, 2.75) is 65.0 Å². The van der Waals surface area contributed by atoms with E-state index >= 15 is 0 Å². The lowest BCUT2D eigenvalue weighted by Crippen LogP contribution is -2.45. The van der Waals surface area contributed by atoms with E-state index in [1.165, 1.54) is 25.7 Å². The Bertz CT molecular complexity index is 170. The zero-order valence-corrected chi connectivity index (χ0v) is 10.5. The van der Waals surface area contributed by atoms with Gasteiger partial charge in [0.15, 0.2) is 0 Å². The van der Waals surface area contributed by atoms with E-state index < -0.39 is 0 Å². The van der Waals surface area contributed by atoms with Crippen molar-refractivity contribution < 1.29 is 5.11 Å². The van der Waals surface area contributed by atoms with Gasteiger partial charge in [0.1, 0.15) is 0 Å². The number of hydrogen-bond donors (Lipinski definition) is 2. The van der Waals surface area contributed by atoms with Crippen molar-refractivity contribution in [1.29, 1.82) is 0 Å². The highest BCUT2D eigenvalue weighted by atomic mass is 16.3. The second-order valence-electron chi connectivity index (χ2n) is 5.54. The summed E-state index contributed by atoms with van der Waals surface area (Å²) in [5.74, 6) is 1.44. The lowest BCUT2D eigenvalue weighted by Gasteiger charge is -2.33. The molecule has 0 saturated heterocycles. The van der Waals surface area contributed by atoms with Gasteiger partial charge in [-0.2, -0.15) is 0 Å². The third kappa shape index (κ3) is 4.52. The van der Waals surface area contributed by atoms with Gasteiger partial charge < -0.3 is 10.4 Å². The second kappa shape index (κ2) is 6.49. The molecule has 0 heterocycles. The summed E-state index contributed by atoms with van der Waals surface area (Å²) in [6, 6.07) is 0.935. The van der Waals surface area contributed by atoms with Crippen LogP contribution in [0.25, 0.3) is 0 Å². The fraction of sp³-hybridized carbons (Fsp3) is 1.00. The van der Waals surface area contributed by atoms with Crippen molar-refractivity contribution in [3.63, 3.8) is 0 Å². The Balaban J connectivity index is 2.35. The summed E-state index contributed by atoms with van der Waals surface area (Å²) >= 11 is 0. The predicted octanol–water partition coefficient (Wildman–Crippen LogP) is 2.56. The van der Waals surface area contributed by atoms with Crippen molar-refractivity contribution in [3.05, 3.63) is 0 Å². The Morgan fingerprint density at radius 3 is 2.47 bits per heavy atom. The van der Waals surface area contributed by atoms with E-state index in [0.29, 0.717) is 18.0 Å². The van der Waals surface area contributed by atoms with Gasteiger partial charge in [-0.25, -0.2) is 0 Å². The molecule has 0 aromatic heterocycles. The van der Waals surface area contributed by atoms with Crippen LogP contribution >= 0.6 is 0 Å². The first kappa shape index (κ1) is 13.0. The molecule has 1 aliphatic rings. The van der Waals surface area contributed by atoms with E-state index in [1.807, 2.05) is 0 Å². The van der Waals surface area contributed by atoms with Crippen LogP contribution in [0.4, 0.5) is 0 Å². The Morgan fingerprint density at radius 2 is 1.93 bits per heavy atom. The number of nitrogens with one attached hydrogen (secondary N) is 1. The lowest BCUT2D eigenvalue weighted by atomic mass is 9.85. The molecule has 0 unspecified atom stereocenters. The van der Waals surface area contributed by atoms with Gasteiger partial charge in [-0.1, -0.05) is 33.6 Å². The van der Waals surface area contributed by atoms with Crippen LogP contribution in [0.5, 0.6) is 0 Å². The fourth-order valence-corrected chi connectivity index (χ4v) is 2.63. The molecule has 1 fully saturated rings. The third-order valence-electron chi connectivity index (χ3n) is 3.54. The maximum absolute atomic E-state index is 9.33. The number of aliphatic hydroxyl groups is 1. The minimum atomic E-state index is 0.279. The van der Waals surface area contributed by atoms with Gasteiger partial charge in [0, 0.05) is 12.1 Å². The molecule has 0 aliphatic heterocycles. The monoisotopic (exact) mass is 213 g/mol. The van der Waals surface area contributed by atoms with E-state index in [1.54, 1.807) is 0 Å². The molecule has 0 amide bonds. The Kier molecular flexibility index (Phi) is 5.62. The maximum Gasteiger partial charge on any atom is 0.0584 e. The molecular formula is C13H27NO. The van der Waals surface area contributed by atoms with E-state index in [-0.39, 0.29) is 6.61 Å². The summed E-state index contributed by atoms with van der Waals surface area (Å²) in [5.41, 5.74) is 0. The average Bonchev–Trinajstić information content (AvgIpc) is 2.19. The van der Waals surface area contributed by atoms with Crippen LogP contribution in [0, 0.1) is 11.8 Å². The molecule has 0 bridgehead atoms. The molecule has 1 aliphatic carbocycles. The molecule has 3 atom stereocenters. The topological polar surface area (TPSA) is 32.3 Å². The molecule has 2 N–H and O–H groups in total. The van der Waals surface area contributed by atoms with E-state index in [9.17, 15) is 5.11 Å². The summed E-state index contributed by atoms with van der Waals surface area (Å²) in [5, 5.41) is 13.0. The molecule has 1 saturated carbocycles. The van der Waals surface area contributed by atoms with Crippen LogP contribution in [0.1, 0.15) is 52.9 Å². The van der Waals surface area contributed by atoms with E-state index in [2.05, 4.69) is 26.1 Å².